The first-order chi connectivity index (χ1) is 12.1. The summed E-state index contributed by atoms with van der Waals surface area (Å²) in [7, 11) is 0. The highest BCUT2D eigenvalue weighted by Gasteiger charge is 2.12. The van der Waals surface area contributed by atoms with Crippen LogP contribution < -0.4 is 5.32 Å². The molecule has 0 amide bonds. The first-order valence-electron chi connectivity index (χ1n) is 7.91. The quantitative estimate of drug-likeness (QED) is 0.535. The number of anilines is 2. The predicted molar refractivity (Wildman–Crippen MR) is 104 cm³/mol. The Hall–Kier alpha value is -2.73. The third kappa shape index (κ3) is 3.00. The molecule has 4 rings (SSSR count). The fourth-order valence-electron chi connectivity index (χ4n) is 2.83. The largest absolute Gasteiger partial charge is 0.340 e. The molecule has 0 saturated carbocycles. The normalized spacial score (nSPS) is 11.0. The number of rotatable bonds is 3. The molecule has 1 N–H and O–H groups in total. The van der Waals surface area contributed by atoms with Gasteiger partial charge >= 0.3 is 0 Å². The summed E-state index contributed by atoms with van der Waals surface area (Å²) < 4.78 is 2.90. The van der Waals surface area contributed by atoms with Gasteiger partial charge in [0.15, 0.2) is 5.65 Å². The lowest BCUT2D eigenvalue weighted by Crippen LogP contribution is -2.01. The number of fused-ring (bicyclic) bond motifs is 1. The third-order valence-corrected chi connectivity index (χ3v) is 4.58. The van der Waals surface area contributed by atoms with Crippen LogP contribution in [-0.2, 0) is 0 Å². The number of benzene rings is 2. The van der Waals surface area contributed by atoms with E-state index in [1.165, 1.54) is 5.56 Å². The summed E-state index contributed by atoms with van der Waals surface area (Å²) in [5.74, 6) is 0.739. The molecule has 5 nitrogen and oxygen atoms in total. The van der Waals surface area contributed by atoms with Crippen LogP contribution in [0.25, 0.3) is 16.7 Å². The predicted octanol–water partition coefficient (Wildman–Crippen LogP) is 4.94. The summed E-state index contributed by atoms with van der Waals surface area (Å²) in [4.78, 5) is 8.82. The van der Waals surface area contributed by atoms with Crippen molar-refractivity contribution < 1.29 is 0 Å². The maximum absolute atomic E-state index is 4.54. The van der Waals surface area contributed by atoms with Crippen LogP contribution in [0, 0.1) is 13.8 Å². The van der Waals surface area contributed by atoms with Crippen LogP contribution in [0.2, 0.25) is 0 Å². The van der Waals surface area contributed by atoms with Gasteiger partial charge in [-0.1, -0.05) is 33.6 Å². The van der Waals surface area contributed by atoms with Crippen molar-refractivity contribution in [2.24, 2.45) is 0 Å². The zero-order valence-electron chi connectivity index (χ0n) is 13.9. The van der Waals surface area contributed by atoms with E-state index in [1.807, 2.05) is 28.9 Å². The van der Waals surface area contributed by atoms with Gasteiger partial charge in [0.1, 0.15) is 12.1 Å². The molecule has 2 heterocycles. The van der Waals surface area contributed by atoms with Crippen molar-refractivity contribution in [2.75, 3.05) is 5.32 Å². The zero-order chi connectivity index (χ0) is 17.4. The SMILES string of the molecule is Cc1ccc(-n2ncc3c(Nc4ccc(Br)cc4)ncnc32)c(C)c1. The Labute approximate surface area is 153 Å². The van der Waals surface area contributed by atoms with Crippen LogP contribution in [0.15, 0.2) is 59.5 Å². The monoisotopic (exact) mass is 393 g/mol. The van der Waals surface area contributed by atoms with Gasteiger partial charge in [0, 0.05) is 10.2 Å². The molecule has 0 unspecified atom stereocenters. The van der Waals surface area contributed by atoms with Crippen molar-refractivity contribution in [1.29, 1.82) is 0 Å². The van der Waals surface area contributed by atoms with E-state index < -0.39 is 0 Å². The minimum absolute atomic E-state index is 0.739. The minimum Gasteiger partial charge on any atom is -0.340 e. The molecule has 0 aliphatic rings. The van der Waals surface area contributed by atoms with Gasteiger partial charge in [0.2, 0.25) is 0 Å². The summed E-state index contributed by atoms with van der Waals surface area (Å²) in [5, 5.41) is 8.76. The van der Waals surface area contributed by atoms with E-state index in [0.29, 0.717) is 0 Å². The van der Waals surface area contributed by atoms with E-state index in [0.717, 1.165) is 38.3 Å². The fraction of sp³-hybridized carbons (Fsp3) is 0.105. The second-order valence-electron chi connectivity index (χ2n) is 5.94. The van der Waals surface area contributed by atoms with E-state index in [9.17, 15) is 0 Å². The van der Waals surface area contributed by atoms with Gasteiger partial charge in [-0.25, -0.2) is 14.6 Å². The maximum Gasteiger partial charge on any atom is 0.168 e. The van der Waals surface area contributed by atoms with Gasteiger partial charge in [-0.15, -0.1) is 0 Å². The van der Waals surface area contributed by atoms with Crippen molar-refractivity contribution in [1.82, 2.24) is 19.7 Å². The lowest BCUT2D eigenvalue weighted by molar-refractivity contribution is 0.886. The highest BCUT2D eigenvalue weighted by molar-refractivity contribution is 9.10. The molecule has 0 spiro atoms. The van der Waals surface area contributed by atoms with Crippen LogP contribution in [0.4, 0.5) is 11.5 Å². The van der Waals surface area contributed by atoms with Crippen LogP contribution in [0.5, 0.6) is 0 Å². The molecular formula is C19H16BrN5. The van der Waals surface area contributed by atoms with E-state index in [-0.39, 0.29) is 0 Å². The Morgan fingerprint density at radius 2 is 1.80 bits per heavy atom. The lowest BCUT2D eigenvalue weighted by Gasteiger charge is -2.09. The Bertz CT molecular complexity index is 1050. The Kier molecular flexibility index (Phi) is 3.97. The van der Waals surface area contributed by atoms with Crippen LogP contribution in [0.1, 0.15) is 11.1 Å². The van der Waals surface area contributed by atoms with Crippen LogP contribution >= 0.6 is 15.9 Å². The van der Waals surface area contributed by atoms with Crippen molar-refractivity contribution in [3.8, 4) is 5.69 Å². The van der Waals surface area contributed by atoms with Gasteiger partial charge in [-0.3, -0.25) is 0 Å². The van der Waals surface area contributed by atoms with Crippen molar-refractivity contribution in [2.45, 2.75) is 13.8 Å². The number of aryl methyl sites for hydroxylation is 2. The molecule has 25 heavy (non-hydrogen) atoms. The molecule has 0 saturated heterocycles. The molecule has 0 radical (unpaired) electrons. The first kappa shape index (κ1) is 15.8. The molecule has 0 aliphatic carbocycles. The molecule has 0 atom stereocenters. The summed E-state index contributed by atoms with van der Waals surface area (Å²) in [5.41, 5.74) is 5.15. The van der Waals surface area contributed by atoms with Crippen molar-refractivity contribution >= 4 is 38.5 Å². The van der Waals surface area contributed by atoms with E-state index in [2.05, 4.69) is 68.4 Å². The summed E-state index contributed by atoms with van der Waals surface area (Å²) in [6.45, 7) is 4.17. The van der Waals surface area contributed by atoms with Crippen LogP contribution in [-0.4, -0.2) is 19.7 Å². The molecule has 124 valence electrons. The molecule has 6 heteroatoms. The maximum atomic E-state index is 4.54. The summed E-state index contributed by atoms with van der Waals surface area (Å²) in [6, 6.07) is 14.3. The Morgan fingerprint density at radius 3 is 2.56 bits per heavy atom. The van der Waals surface area contributed by atoms with Crippen molar-refractivity contribution in [3.05, 3.63) is 70.6 Å². The summed E-state index contributed by atoms with van der Waals surface area (Å²) in [6.07, 6.45) is 3.36. The number of halogens is 1. The van der Waals surface area contributed by atoms with Gasteiger partial charge in [0.05, 0.1) is 17.3 Å². The van der Waals surface area contributed by atoms with Gasteiger partial charge in [-0.05, 0) is 49.7 Å². The van der Waals surface area contributed by atoms with Crippen LogP contribution in [0.3, 0.4) is 0 Å². The molecule has 0 fully saturated rings. The zero-order valence-corrected chi connectivity index (χ0v) is 15.4. The number of aromatic nitrogens is 4. The Morgan fingerprint density at radius 1 is 1.00 bits per heavy atom. The molecule has 4 aromatic rings. The third-order valence-electron chi connectivity index (χ3n) is 4.05. The average molecular weight is 394 g/mol. The van der Waals surface area contributed by atoms with Gasteiger partial charge in [0.25, 0.3) is 0 Å². The van der Waals surface area contributed by atoms with E-state index >= 15 is 0 Å². The fourth-order valence-corrected chi connectivity index (χ4v) is 3.10. The van der Waals surface area contributed by atoms with E-state index in [4.69, 9.17) is 0 Å². The van der Waals surface area contributed by atoms with Gasteiger partial charge < -0.3 is 5.32 Å². The molecule has 0 aliphatic heterocycles. The molecular weight excluding hydrogens is 378 g/mol. The second kappa shape index (κ2) is 6.29. The van der Waals surface area contributed by atoms with Gasteiger partial charge in [-0.2, -0.15) is 5.10 Å². The lowest BCUT2D eigenvalue weighted by atomic mass is 10.1. The highest BCUT2D eigenvalue weighted by Crippen LogP contribution is 2.26. The molecule has 0 bridgehead atoms. The number of nitrogens with zero attached hydrogens (tertiary/aromatic N) is 4. The highest BCUT2D eigenvalue weighted by atomic mass is 79.9. The molecule has 2 aromatic carbocycles. The smallest absolute Gasteiger partial charge is 0.168 e. The number of hydrogen-bond donors (Lipinski definition) is 1. The topological polar surface area (TPSA) is 55.6 Å². The second-order valence-corrected chi connectivity index (χ2v) is 6.85. The minimum atomic E-state index is 0.739. The van der Waals surface area contributed by atoms with Crippen molar-refractivity contribution in [3.63, 3.8) is 0 Å². The Balaban J connectivity index is 1.79. The number of hydrogen-bond acceptors (Lipinski definition) is 4. The first-order valence-corrected chi connectivity index (χ1v) is 8.70. The standard InChI is InChI=1S/C19H16BrN5/c1-12-3-8-17(13(2)9-12)25-19-16(10-23-25)18(21-11-22-19)24-15-6-4-14(20)5-7-15/h3-11H,1-2H3,(H,21,22,24). The average Bonchev–Trinajstić information content (AvgIpc) is 3.02. The van der Waals surface area contributed by atoms with E-state index in [1.54, 1.807) is 12.5 Å². The summed E-state index contributed by atoms with van der Waals surface area (Å²) >= 11 is 3.44. The number of nitrogens with one attached hydrogen (secondary N) is 1. The molecule has 2 aromatic heterocycles.